The Morgan fingerprint density at radius 2 is 1.59 bits per heavy atom. The van der Waals surface area contributed by atoms with Crippen LogP contribution in [0.15, 0.2) is 24.3 Å². The molecule has 4 nitrogen and oxygen atoms in total. The van der Waals surface area contributed by atoms with E-state index in [1.165, 1.54) is 6.07 Å². The van der Waals surface area contributed by atoms with Crippen LogP contribution in [0.25, 0.3) is 0 Å². The molecule has 22 heavy (non-hydrogen) atoms. The Bertz CT molecular complexity index is 661. The summed E-state index contributed by atoms with van der Waals surface area (Å²) in [5.41, 5.74) is 1.03. The molecule has 0 saturated carbocycles. The molecule has 1 aromatic heterocycles. The van der Waals surface area contributed by atoms with Crippen LogP contribution < -0.4 is 10.2 Å². The number of nitrogens with zero attached hydrogens (tertiary/aromatic N) is 3. The zero-order valence-corrected chi connectivity index (χ0v) is 12.8. The van der Waals surface area contributed by atoms with Crippen molar-refractivity contribution < 1.29 is 13.2 Å². The Labute approximate surface area is 127 Å². The molecule has 0 amide bonds. The molecule has 0 aliphatic heterocycles. The van der Waals surface area contributed by atoms with Crippen LogP contribution in [0.3, 0.4) is 0 Å². The zero-order valence-electron chi connectivity index (χ0n) is 12.8. The highest BCUT2D eigenvalue weighted by Gasteiger charge is 2.34. The number of hydrogen-bond donors (Lipinski definition) is 1. The average Bonchev–Trinajstić information content (AvgIpc) is 2.36. The van der Waals surface area contributed by atoms with Crippen LogP contribution in [0.2, 0.25) is 0 Å². The van der Waals surface area contributed by atoms with Gasteiger partial charge in [0.15, 0.2) is 0 Å². The molecule has 0 spiro atoms. The van der Waals surface area contributed by atoms with E-state index in [2.05, 4.69) is 15.3 Å². The molecule has 0 atom stereocenters. The highest BCUT2D eigenvalue weighted by atomic mass is 19.4. The zero-order chi connectivity index (χ0) is 16.5. The van der Waals surface area contributed by atoms with E-state index >= 15 is 0 Å². The first-order chi connectivity index (χ1) is 10.2. The Hall–Kier alpha value is -2.31. The SMILES string of the molecule is Cc1cc(C)nc(Nc2ccc(N(C)C)cc2C(F)(F)F)n1. The number of alkyl halides is 3. The molecular formula is C15H17F3N4. The Kier molecular flexibility index (Phi) is 4.25. The maximum Gasteiger partial charge on any atom is 0.418 e. The van der Waals surface area contributed by atoms with E-state index in [-0.39, 0.29) is 11.6 Å². The first kappa shape index (κ1) is 16.1. The van der Waals surface area contributed by atoms with Gasteiger partial charge < -0.3 is 10.2 Å². The van der Waals surface area contributed by atoms with Crippen LogP contribution in [-0.4, -0.2) is 24.1 Å². The fourth-order valence-electron chi connectivity index (χ4n) is 2.06. The van der Waals surface area contributed by atoms with E-state index in [4.69, 9.17) is 0 Å². The fourth-order valence-corrected chi connectivity index (χ4v) is 2.06. The molecule has 0 bridgehead atoms. The molecule has 0 saturated heterocycles. The lowest BCUT2D eigenvalue weighted by molar-refractivity contribution is -0.136. The Morgan fingerprint density at radius 3 is 2.09 bits per heavy atom. The first-order valence-corrected chi connectivity index (χ1v) is 6.64. The van der Waals surface area contributed by atoms with E-state index in [0.29, 0.717) is 17.1 Å². The van der Waals surface area contributed by atoms with Crippen molar-refractivity contribution in [2.75, 3.05) is 24.3 Å². The largest absolute Gasteiger partial charge is 0.418 e. The Morgan fingerprint density at radius 1 is 1.00 bits per heavy atom. The molecule has 2 rings (SSSR count). The smallest absolute Gasteiger partial charge is 0.378 e. The van der Waals surface area contributed by atoms with Crippen molar-refractivity contribution in [3.05, 3.63) is 41.2 Å². The van der Waals surface area contributed by atoms with Crippen LogP contribution >= 0.6 is 0 Å². The van der Waals surface area contributed by atoms with Crippen molar-refractivity contribution in [1.82, 2.24) is 9.97 Å². The van der Waals surface area contributed by atoms with Gasteiger partial charge >= 0.3 is 6.18 Å². The monoisotopic (exact) mass is 310 g/mol. The van der Waals surface area contributed by atoms with Gasteiger partial charge in [-0.25, -0.2) is 9.97 Å². The van der Waals surface area contributed by atoms with E-state index in [0.717, 1.165) is 6.07 Å². The number of halogens is 3. The summed E-state index contributed by atoms with van der Waals surface area (Å²) in [7, 11) is 3.38. The lowest BCUT2D eigenvalue weighted by Gasteiger charge is -2.18. The molecule has 1 N–H and O–H groups in total. The van der Waals surface area contributed by atoms with Gasteiger partial charge in [0, 0.05) is 31.2 Å². The second-order valence-electron chi connectivity index (χ2n) is 5.22. The minimum atomic E-state index is -4.47. The van der Waals surface area contributed by atoms with Gasteiger partial charge in [0.2, 0.25) is 5.95 Å². The first-order valence-electron chi connectivity index (χ1n) is 6.64. The fraction of sp³-hybridized carbons (Fsp3) is 0.333. The lowest BCUT2D eigenvalue weighted by atomic mass is 10.1. The normalized spacial score (nSPS) is 11.4. The minimum Gasteiger partial charge on any atom is -0.378 e. The molecule has 0 aliphatic carbocycles. The van der Waals surface area contributed by atoms with Crippen molar-refractivity contribution in [2.45, 2.75) is 20.0 Å². The molecule has 0 unspecified atom stereocenters. The van der Waals surface area contributed by atoms with Crippen molar-refractivity contribution in [3.8, 4) is 0 Å². The molecule has 1 heterocycles. The third-order valence-corrected chi connectivity index (χ3v) is 3.05. The molecule has 7 heteroatoms. The minimum absolute atomic E-state index is 0.0666. The average molecular weight is 310 g/mol. The van der Waals surface area contributed by atoms with Gasteiger partial charge in [-0.2, -0.15) is 13.2 Å². The predicted octanol–water partition coefficient (Wildman–Crippen LogP) is 3.92. The highest BCUT2D eigenvalue weighted by molar-refractivity contribution is 5.65. The van der Waals surface area contributed by atoms with Crippen LogP contribution in [0.1, 0.15) is 17.0 Å². The summed E-state index contributed by atoms with van der Waals surface area (Å²) in [5, 5.41) is 2.67. The summed E-state index contributed by atoms with van der Waals surface area (Å²) in [4.78, 5) is 9.84. The standard InChI is InChI=1S/C15H17F3N4/c1-9-7-10(2)20-14(19-9)21-13-6-5-11(22(3)4)8-12(13)15(16,17)18/h5-8H,1-4H3,(H,19,20,21). The number of rotatable bonds is 3. The Balaban J connectivity index is 2.46. The van der Waals surface area contributed by atoms with Gasteiger partial charge in [0.25, 0.3) is 0 Å². The summed E-state index contributed by atoms with van der Waals surface area (Å²) in [6.07, 6.45) is -4.47. The van der Waals surface area contributed by atoms with Crippen molar-refractivity contribution >= 4 is 17.3 Å². The molecule has 1 aromatic carbocycles. The summed E-state index contributed by atoms with van der Waals surface area (Å²) < 4.78 is 39.8. The van der Waals surface area contributed by atoms with Crippen LogP contribution in [0.4, 0.5) is 30.5 Å². The van der Waals surface area contributed by atoms with Gasteiger partial charge in [0.1, 0.15) is 0 Å². The summed E-state index contributed by atoms with van der Waals surface area (Å²) in [6, 6.07) is 5.86. The number of nitrogens with one attached hydrogen (secondary N) is 1. The predicted molar refractivity (Wildman–Crippen MR) is 80.6 cm³/mol. The molecular weight excluding hydrogens is 293 g/mol. The number of aryl methyl sites for hydroxylation is 2. The number of benzene rings is 1. The summed E-state index contributed by atoms with van der Waals surface area (Å²) >= 11 is 0. The van der Waals surface area contributed by atoms with E-state index in [1.54, 1.807) is 45.0 Å². The van der Waals surface area contributed by atoms with E-state index in [9.17, 15) is 13.2 Å². The second-order valence-corrected chi connectivity index (χ2v) is 5.22. The molecule has 0 fully saturated rings. The van der Waals surface area contributed by atoms with Gasteiger partial charge in [-0.15, -0.1) is 0 Å². The quantitative estimate of drug-likeness (QED) is 0.933. The summed E-state index contributed by atoms with van der Waals surface area (Å²) in [6.45, 7) is 3.53. The maximum atomic E-state index is 13.3. The third-order valence-electron chi connectivity index (χ3n) is 3.05. The van der Waals surface area contributed by atoms with Crippen molar-refractivity contribution in [2.24, 2.45) is 0 Å². The van der Waals surface area contributed by atoms with Crippen LogP contribution in [-0.2, 0) is 6.18 Å². The van der Waals surface area contributed by atoms with Crippen LogP contribution in [0, 0.1) is 13.8 Å². The molecule has 0 aliphatic rings. The van der Waals surface area contributed by atoms with Gasteiger partial charge in [0.05, 0.1) is 11.3 Å². The van der Waals surface area contributed by atoms with Gasteiger partial charge in [-0.3, -0.25) is 0 Å². The van der Waals surface area contributed by atoms with Crippen LogP contribution in [0.5, 0.6) is 0 Å². The number of aromatic nitrogens is 2. The van der Waals surface area contributed by atoms with Gasteiger partial charge in [-0.05, 0) is 38.1 Å². The second kappa shape index (κ2) is 5.82. The van der Waals surface area contributed by atoms with Gasteiger partial charge in [-0.1, -0.05) is 0 Å². The topological polar surface area (TPSA) is 41.1 Å². The molecule has 2 aromatic rings. The molecule has 0 radical (unpaired) electrons. The van der Waals surface area contributed by atoms with Crippen molar-refractivity contribution in [1.29, 1.82) is 0 Å². The van der Waals surface area contributed by atoms with E-state index in [1.807, 2.05) is 0 Å². The van der Waals surface area contributed by atoms with Crippen molar-refractivity contribution in [3.63, 3.8) is 0 Å². The lowest BCUT2D eigenvalue weighted by Crippen LogP contribution is -2.14. The summed E-state index contributed by atoms with van der Waals surface area (Å²) in [5.74, 6) is 0.153. The maximum absolute atomic E-state index is 13.3. The number of hydrogen-bond acceptors (Lipinski definition) is 4. The highest BCUT2D eigenvalue weighted by Crippen LogP contribution is 2.37. The molecule has 118 valence electrons. The van der Waals surface area contributed by atoms with E-state index < -0.39 is 11.7 Å². The third kappa shape index (κ3) is 3.66. The number of anilines is 3.